The van der Waals surface area contributed by atoms with Gasteiger partial charge in [-0.1, -0.05) is 6.07 Å². The molecule has 0 aliphatic carbocycles. The van der Waals surface area contributed by atoms with Crippen molar-refractivity contribution in [3.63, 3.8) is 0 Å². The summed E-state index contributed by atoms with van der Waals surface area (Å²) >= 11 is 1.79. The monoisotopic (exact) mass is 242 g/mol. The summed E-state index contributed by atoms with van der Waals surface area (Å²) in [6.45, 7) is 6.82. The van der Waals surface area contributed by atoms with Crippen LogP contribution in [-0.4, -0.2) is 18.2 Å². The summed E-state index contributed by atoms with van der Waals surface area (Å²) in [4.78, 5) is 1.40. The van der Waals surface area contributed by atoms with E-state index in [0.717, 1.165) is 12.8 Å². The Bertz CT molecular complexity index is 280. The van der Waals surface area contributed by atoms with Crippen molar-refractivity contribution in [2.24, 2.45) is 5.84 Å². The van der Waals surface area contributed by atoms with Crippen LogP contribution in [0.3, 0.4) is 0 Å². The zero-order valence-electron chi connectivity index (χ0n) is 10.3. The Kier molecular flexibility index (Phi) is 5.41. The van der Waals surface area contributed by atoms with E-state index in [4.69, 9.17) is 10.6 Å². The van der Waals surface area contributed by atoms with Gasteiger partial charge < -0.3 is 4.74 Å². The second-order valence-electron chi connectivity index (χ2n) is 4.91. The van der Waals surface area contributed by atoms with Gasteiger partial charge in [0.15, 0.2) is 0 Å². The molecule has 0 fully saturated rings. The molecule has 0 radical (unpaired) electrons. The highest BCUT2D eigenvalue weighted by molar-refractivity contribution is 7.09. The molecule has 3 N–H and O–H groups in total. The molecule has 1 rings (SSSR count). The van der Waals surface area contributed by atoms with Crippen molar-refractivity contribution in [1.82, 2.24) is 5.43 Å². The van der Waals surface area contributed by atoms with Crippen molar-refractivity contribution in [3.05, 3.63) is 22.4 Å². The molecule has 0 saturated carbocycles. The van der Waals surface area contributed by atoms with Crippen molar-refractivity contribution in [2.45, 2.75) is 45.3 Å². The summed E-state index contributed by atoms with van der Waals surface area (Å²) in [5.41, 5.74) is 2.72. The molecule has 1 unspecified atom stereocenters. The lowest BCUT2D eigenvalue weighted by Crippen LogP contribution is -2.41. The average molecular weight is 242 g/mol. The van der Waals surface area contributed by atoms with Crippen molar-refractivity contribution in [2.75, 3.05) is 6.61 Å². The van der Waals surface area contributed by atoms with Gasteiger partial charge in [0.05, 0.1) is 12.2 Å². The molecule has 0 aromatic carbocycles. The van der Waals surface area contributed by atoms with Gasteiger partial charge in [0.1, 0.15) is 0 Å². The van der Waals surface area contributed by atoms with Crippen LogP contribution in [0.4, 0.5) is 0 Å². The maximum atomic E-state index is 5.71. The van der Waals surface area contributed by atoms with Gasteiger partial charge in [0, 0.05) is 10.9 Å². The zero-order valence-corrected chi connectivity index (χ0v) is 11.1. The van der Waals surface area contributed by atoms with Crippen LogP contribution in [0, 0.1) is 0 Å². The van der Waals surface area contributed by atoms with E-state index in [0.29, 0.717) is 6.61 Å². The summed E-state index contributed by atoms with van der Waals surface area (Å²) in [6, 6.07) is 4.46. The van der Waals surface area contributed by atoms with Crippen LogP contribution in [0.15, 0.2) is 17.5 Å². The first-order valence-corrected chi connectivity index (χ1v) is 6.52. The second-order valence-corrected chi connectivity index (χ2v) is 5.94. The van der Waals surface area contributed by atoms with Crippen molar-refractivity contribution >= 4 is 11.3 Å². The molecule has 92 valence electrons. The molecule has 0 saturated heterocycles. The third kappa shape index (κ3) is 5.61. The first-order valence-electron chi connectivity index (χ1n) is 5.64. The highest BCUT2D eigenvalue weighted by Crippen LogP contribution is 2.13. The predicted octanol–water partition coefficient (Wildman–Crippen LogP) is 2.33. The number of aryl methyl sites for hydroxylation is 1. The lowest BCUT2D eigenvalue weighted by atomic mass is 10.1. The SMILES string of the molecule is CC(C)(C)OCC(CCc1cccs1)NN. The minimum Gasteiger partial charge on any atom is -0.374 e. The molecule has 1 aromatic rings. The molecular formula is C12H22N2OS. The lowest BCUT2D eigenvalue weighted by Gasteiger charge is -2.24. The Morgan fingerprint density at radius 3 is 2.75 bits per heavy atom. The number of rotatable bonds is 6. The Hall–Kier alpha value is -0.420. The van der Waals surface area contributed by atoms with Crippen LogP contribution >= 0.6 is 11.3 Å². The largest absolute Gasteiger partial charge is 0.374 e. The summed E-state index contributed by atoms with van der Waals surface area (Å²) in [5, 5.41) is 2.10. The number of thiophene rings is 1. The Balaban J connectivity index is 2.27. The molecule has 4 heteroatoms. The van der Waals surface area contributed by atoms with Gasteiger partial charge in [-0.15, -0.1) is 11.3 Å². The molecule has 16 heavy (non-hydrogen) atoms. The standard InChI is InChI=1S/C12H22N2OS/c1-12(2,3)15-9-10(14-13)6-7-11-5-4-8-16-11/h4-5,8,10,14H,6-7,9,13H2,1-3H3. The van der Waals surface area contributed by atoms with E-state index in [1.165, 1.54) is 4.88 Å². The van der Waals surface area contributed by atoms with E-state index >= 15 is 0 Å². The number of nitrogens with two attached hydrogens (primary N) is 1. The van der Waals surface area contributed by atoms with E-state index in [2.05, 4.69) is 43.7 Å². The van der Waals surface area contributed by atoms with Crippen LogP contribution in [0.5, 0.6) is 0 Å². The highest BCUT2D eigenvalue weighted by Gasteiger charge is 2.14. The van der Waals surface area contributed by atoms with Gasteiger partial charge in [-0.2, -0.15) is 0 Å². The molecule has 0 amide bonds. The maximum absolute atomic E-state index is 5.71. The minimum absolute atomic E-state index is 0.0992. The minimum atomic E-state index is -0.0992. The number of ether oxygens (including phenoxy) is 1. The molecule has 0 spiro atoms. The molecule has 3 nitrogen and oxygen atoms in total. The topological polar surface area (TPSA) is 47.3 Å². The van der Waals surface area contributed by atoms with Gasteiger partial charge in [0.25, 0.3) is 0 Å². The molecule has 0 bridgehead atoms. The molecule has 0 aliphatic rings. The first kappa shape index (κ1) is 13.6. The number of hydrogen-bond acceptors (Lipinski definition) is 4. The summed E-state index contributed by atoms with van der Waals surface area (Å²) in [6.07, 6.45) is 2.06. The van der Waals surface area contributed by atoms with Gasteiger partial charge >= 0.3 is 0 Å². The Morgan fingerprint density at radius 2 is 2.25 bits per heavy atom. The summed E-state index contributed by atoms with van der Waals surface area (Å²) < 4.78 is 5.71. The maximum Gasteiger partial charge on any atom is 0.0640 e. The third-order valence-electron chi connectivity index (χ3n) is 2.27. The fraction of sp³-hybridized carbons (Fsp3) is 0.667. The molecule has 0 aliphatic heterocycles. The third-order valence-corrected chi connectivity index (χ3v) is 3.21. The normalized spacial score (nSPS) is 14.0. The number of hydrogen-bond donors (Lipinski definition) is 2. The van der Waals surface area contributed by atoms with Gasteiger partial charge in [-0.25, -0.2) is 0 Å². The fourth-order valence-electron chi connectivity index (χ4n) is 1.34. The van der Waals surface area contributed by atoms with Gasteiger partial charge in [0.2, 0.25) is 0 Å². The van der Waals surface area contributed by atoms with E-state index in [-0.39, 0.29) is 11.6 Å². The summed E-state index contributed by atoms with van der Waals surface area (Å²) in [7, 11) is 0. The van der Waals surface area contributed by atoms with Crippen molar-refractivity contribution in [1.29, 1.82) is 0 Å². The lowest BCUT2D eigenvalue weighted by molar-refractivity contribution is -0.0153. The molecule has 1 atom stereocenters. The second kappa shape index (κ2) is 6.35. The smallest absolute Gasteiger partial charge is 0.0640 e. The Labute approximate surface area is 102 Å². The van der Waals surface area contributed by atoms with E-state index in [1.807, 2.05) is 0 Å². The van der Waals surface area contributed by atoms with Crippen LogP contribution in [0.25, 0.3) is 0 Å². The zero-order chi connectivity index (χ0) is 12.0. The van der Waals surface area contributed by atoms with Crippen LogP contribution in [0.1, 0.15) is 32.1 Å². The van der Waals surface area contributed by atoms with E-state index < -0.39 is 0 Å². The first-order chi connectivity index (χ1) is 7.51. The fourth-order valence-corrected chi connectivity index (χ4v) is 2.06. The van der Waals surface area contributed by atoms with Crippen molar-refractivity contribution in [3.8, 4) is 0 Å². The average Bonchev–Trinajstić information content (AvgIpc) is 2.69. The quantitative estimate of drug-likeness (QED) is 0.594. The van der Waals surface area contributed by atoms with E-state index in [1.54, 1.807) is 11.3 Å². The molecule has 1 aromatic heterocycles. The van der Waals surface area contributed by atoms with Crippen LogP contribution in [0.2, 0.25) is 0 Å². The molecular weight excluding hydrogens is 220 g/mol. The summed E-state index contributed by atoms with van der Waals surface area (Å²) in [5.74, 6) is 5.51. The van der Waals surface area contributed by atoms with E-state index in [9.17, 15) is 0 Å². The predicted molar refractivity (Wildman–Crippen MR) is 69.5 cm³/mol. The van der Waals surface area contributed by atoms with Gasteiger partial charge in [-0.3, -0.25) is 11.3 Å². The highest BCUT2D eigenvalue weighted by atomic mass is 32.1. The van der Waals surface area contributed by atoms with Crippen molar-refractivity contribution < 1.29 is 4.74 Å². The van der Waals surface area contributed by atoms with Crippen LogP contribution in [-0.2, 0) is 11.2 Å². The number of nitrogens with one attached hydrogen (secondary N) is 1. The molecule has 1 heterocycles. The van der Waals surface area contributed by atoms with Gasteiger partial charge in [-0.05, 0) is 45.1 Å². The Morgan fingerprint density at radius 1 is 1.50 bits per heavy atom. The number of hydrazine groups is 1. The van der Waals surface area contributed by atoms with Crippen LogP contribution < -0.4 is 11.3 Å².